The van der Waals surface area contributed by atoms with Crippen LogP contribution in [0.25, 0.3) is 10.8 Å². The molecule has 0 unspecified atom stereocenters. The number of benzene rings is 3. The average Bonchev–Trinajstić information content (AvgIpc) is 2.70. The zero-order valence-electron chi connectivity index (χ0n) is 17.0. The molecule has 29 heavy (non-hydrogen) atoms. The van der Waals surface area contributed by atoms with Gasteiger partial charge in [-0.2, -0.15) is 0 Å². The predicted octanol–water partition coefficient (Wildman–Crippen LogP) is 4.62. The summed E-state index contributed by atoms with van der Waals surface area (Å²) < 4.78 is 26.2. The predicted molar refractivity (Wildman–Crippen MR) is 125 cm³/mol. The molecule has 0 saturated carbocycles. The van der Waals surface area contributed by atoms with Crippen molar-refractivity contribution in [2.45, 2.75) is 18.7 Å². The van der Waals surface area contributed by atoms with E-state index in [-0.39, 0.29) is 4.90 Å². The van der Waals surface area contributed by atoms with Gasteiger partial charge in [0.25, 0.3) is 0 Å². The molecule has 5 nitrogen and oxygen atoms in total. The quantitative estimate of drug-likeness (QED) is 0.602. The number of anilines is 2. The zero-order valence-corrected chi connectivity index (χ0v) is 18.6. The Kier molecular flexibility index (Phi) is 6.21. The molecule has 0 fully saturated rings. The average molecular weight is 428 g/mol. The Morgan fingerprint density at radius 3 is 2.41 bits per heavy atom. The van der Waals surface area contributed by atoms with Gasteiger partial charge in [0.15, 0.2) is 5.11 Å². The summed E-state index contributed by atoms with van der Waals surface area (Å²) in [5, 5.41) is 6.02. The SMILES string of the molecule is CCN(C(=S)Nc1cc(S(=O)(=O)N(C)C)ccc1C)c1cccc2ccccc12. The van der Waals surface area contributed by atoms with Gasteiger partial charge in [-0.25, -0.2) is 12.7 Å². The molecule has 0 aliphatic heterocycles. The number of nitrogens with one attached hydrogen (secondary N) is 1. The fraction of sp³-hybridized carbons (Fsp3) is 0.227. The van der Waals surface area contributed by atoms with E-state index >= 15 is 0 Å². The topological polar surface area (TPSA) is 52.7 Å². The molecule has 3 aromatic carbocycles. The number of aryl methyl sites for hydroxylation is 1. The largest absolute Gasteiger partial charge is 0.332 e. The van der Waals surface area contributed by atoms with E-state index in [1.165, 1.54) is 18.4 Å². The second kappa shape index (κ2) is 8.49. The second-order valence-corrected chi connectivity index (χ2v) is 9.48. The molecular formula is C22H25N3O2S2. The molecular weight excluding hydrogens is 402 g/mol. The van der Waals surface area contributed by atoms with Crippen molar-refractivity contribution in [2.24, 2.45) is 0 Å². The van der Waals surface area contributed by atoms with Crippen molar-refractivity contribution in [3.8, 4) is 0 Å². The van der Waals surface area contributed by atoms with E-state index in [0.29, 0.717) is 17.3 Å². The van der Waals surface area contributed by atoms with Crippen LogP contribution >= 0.6 is 12.2 Å². The van der Waals surface area contributed by atoms with Crippen molar-refractivity contribution in [1.29, 1.82) is 0 Å². The van der Waals surface area contributed by atoms with Crippen LogP contribution in [-0.2, 0) is 10.0 Å². The highest BCUT2D eigenvalue weighted by molar-refractivity contribution is 7.89. The van der Waals surface area contributed by atoms with Gasteiger partial charge in [0.2, 0.25) is 10.0 Å². The fourth-order valence-corrected chi connectivity index (χ4v) is 4.42. The minimum atomic E-state index is -3.52. The number of sulfonamides is 1. The molecule has 0 atom stereocenters. The third-order valence-corrected chi connectivity index (χ3v) is 6.98. The molecule has 0 heterocycles. The zero-order chi connectivity index (χ0) is 21.2. The van der Waals surface area contributed by atoms with Gasteiger partial charge < -0.3 is 10.2 Å². The molecule has 0 aliphatic rings. The number of hydrogen-bond donors (Lipinski definition) is 1. The van der Waals surface area contributed by atoms with E-state index < -0.39 is 10.0 Å². The van der Waals surface area contributed by atoms with Crippen LogP contribution in [0.4, 0.5) is 11.4 Å². The lowest BCUT2D eigenvalue weighted by Crippen LogP contribution is -2.35. The molecule has 3 rings (SSSR count). The van der Waals surface area contributed by atoms with Crippen molar-refractivity contribution in [2.75, 3.05) is 30.9 Å². The van der Waals surface area contributed by atoms with Gasteiger partial charge in [0.1, 0.15) is 0 Å². The van der Waals surface area contributed by atoms with Gasteiger partial charge in [0, 0.05) is 31.7 Å². The van der Waals surface area contributed by atoms with Crippen molar-refractivity contribution in [3.63, 3.8) is 0 Å². The summed E-state index contributed by atoms with van der Waals surface area (Å²) in [4.78, 5) is 2.25. The summed E-state index contributed by atoms with van der Waals surface area (Å²) in [5.74, 6) is 0. The number of rotatable bonds is 5. The van der Waals surface area contributed by atoms with E-state index in [0.717, 1.165) is 22.0 Å². The van der Waals surface area contributed by atoms with Crippen LogP contribution in [0.2, 0.25) is 0 Å². The van der Waals surface area contributed by atoms with Crippen molar-refractivity contribution in [3.05, 3.63) is 66.2 Å². The second-order valence-electron chi connectivity index (χ2n) is 6.94. The Hall–Kier alpha value is -2.48. The molecule has 0 radical (unpaired) electrons. The van der Waals surface area contributed by atoms with Crippen LogP contribution in [0.5, 0.6) is 0 Å². The molecule has 1 N–H and O–H groups in total. The summed E-state index contributed by atoms with van der Waals surface area (Å²) >= 11 is 5.70. The minimum absolute atomic E-state index is 0.228. The van der Waals surface area contributed by atoms with Gasteiger partial charge in [0.05, 0.1) is 10.6 Å². The molecule has 7 heteroatoms. The first-order chi connectivity index (χ1) is 13.8. The maximum absolute atomic E-state index is 12.5. The van der Waals surface area contributed by atoms with Gasteiger partial charge in [-0.1, -0.05) is 42.5 Å². The number of nitrogens with zero attached hydrogens (tertiary/aromatic N) is 2. The van der Waals surface area contributed by atoms with E-state index in [2.05, 4.69) is 23.5 Å². The minimum Gasteiger partial charge on any atom is -0.332 e. The molecule has 0 bridgehead atoms. The van der Waals surface area contributed by atoms with Gasteiger partial charge in [-0.3, -0.25) is 0 Å². The van der Waals surface area contributed by atoms with E-state index in [9.17, 15) is 8.42 Å². The molecule has 0 aliphatic carbocycles. The highest BCUT2D eigenvalue weighted by atomic mass is 32.2. The third-order valence-electron chi connectivity index (χ3n) is 4.85. The van der Waals surface area contributed by atoms with Crippen LogP contribution < -0.4 is 10.2 Å². The Morgan fingerprint density at radius 1 is 1.03 bits per heavy atom. The lowest BCUT2D eigenvalue weighted by Gasteiger charge is -2.26. The van der Waals surface area contributed by atoms with Gasteiger partial charge >= 0.3 is 0 Å². The maximum atomic E-state index is 12.5. The summed E-state index contributed by atoms with van der Waals surface area (Å²) in [6.07, 6.45) is 0. The first-order valence-electron chi connectivity index (χ1n) is 9.35. The number of hydrogen-bond acceptors (Lipinski definition) is 3. The van der Waals surface area contributed by atoms with Gasteiger partial charge in [-0.05, 0) is 55.2 Å². The van der Waals surface area contributed by atoms with Crippen LogP contribution in [0.1, 0.15) is 12.5 Å². The molecule has 3 aromatic rings. The highest BCUT2D eigenvalue weighted by Gasteiger charge is 2.19. The first kappa shape index (κ1) is 21.2. The van der Waals surface area contributed by atoms with Gasteiger partial charge in [-0.15, -0.1) is 0 Å². The Bertz CT molecular complexity index is 1150. The normalized spacial score (nSPS) is 11.6. The monoisotopic (exact) mass is 427 g/mol. The summed E-state index contributed by atoms with van der Waals surface area (Å²) in [5.41, 5.74) is 2.61. The Balaban J connectivity index is 1.96. The number of fused-ring (bicyclic) bond motifs is 1. The summed E-state index contributed by atoms with van der Waals surface area (Å²) in [6, 6.07) is 19.3. The smallest absolute Gasteiger partial charge is 0.242 e. The van der Waals surface area contributed by atoms with Crippen LogP contribution in [0, 0.1) is 6.92 Å². The molecule has 0 aromatic heterocycles. The van der Waals surface area contributed by atoms with E-state index in [1.54, 1.807) is 18.2 Å². The maximum Gasteiger partial charge on any atom is 0.242 e. The lowest BCUT2D eigenvalue weighted by atomic mass is 10.1. The Morgan fingerprint density at radius 2 is 1.72 bits per heavy atom. The van der Waals surface area contributed by atoms with E-state index in [4.69, 9.17) is 12.2 Å². The molecule has 0 saturated heterocycles. The van der Waals surface area contributed by atoms with Crippen LogP contribution in [-0.4, -0.2) is 38.5 Å². The van der Waals surface area contributed by atoms with Crippen molar-refractivity contribution < 1.29 is 8.42 Å². The highest BCUT2D eigenvalue weighted by Crippen LogP contribution is 2.28. The summed E-state index contributed by atoms with van der Waals surface area (Å²) in [6.45, 7) is 4.63. The molecule has 152 valence electrons. The van der Waals surface area contributed by atoms with Crippen LogP contribution in [0.3, 0.4) is 0 Å². The Labute approximate surface area is 178 Å². The van der Waals surface area contributed by atoms with Crippen LogP contribution in [0.15, 0.2) is 65.6 Å². The third kappa shape index (κ3) is 4.27. The first-order valence-corrected chi connectivity index (χ1v) is 11.2. The van der Waals surface area contributed by atoms with Crippen molar-refractivity contribution in [1.82, 2.24) is 4.31 Å². The summed E-state index contributed by atoms with van der Waals surface area (Å²) in [7, 11) is -0.482. The van der Waals surface area contributed by atoms with Crippen molar-refractivity contribution >= 4 is 49.5 Å². The molecule has 0 spiro atoms. The van der Waals surface area contributed by atoms with E-state index in [1.807, 2.05) is 43.0 Å². The number of thiocarbonyl (C=S) groups is 1. The standard InChI is InChI=1S/C22H25N3O2S2/c1-5-25(21-12-8-10-17-9-6-7-11-19(17)21)22(28)23-20-15-18(14-13-16(20)2)29(26,27)24(3)4/h6-15H,5H2,1-4H3,(H,23,28). The fourth-order valence-electron chi connectivity index (χ4n) is 3.16. The lowest BCUT2D eigenvalue weighted by molar-refractivity contribution is 0.521. The molecule has 0 amide bonds.